The van der Waals surface area contributed by atoms with E-state index in [1.165, 1.54) is 0 Å². The smallest absolute Gasteiger partial charge is 0.274 e. The summed E-state index contributed by atoms with van der Waals surface area (Å²) in [6.45, 7) is 5.43. The lowest BCUT2D eigenvalue weighted by atomic mass is 10.2. The van der Waals surface area contributed by atoms with E-state index in [1.54, 1.807) is 24.3 Å². The lowest BCUT2D eigenvalue weighted by Gasteiger charge is -1.99. The van der Waals surface area contributed by atoms with Gasteiger partial charge in [-0.1, -0.05) is 6.07 Å². The number of thiophene rings is 1. The second-order valence-electron chi connectivity index (χ2n) is 3.94. The molecule has 18 heavy (non-hydrogen) atoms. The third-order valence-corrected chi connectivity index (χ3v) is 3.47. The third-order valence-electron chi connectivity index (χ3n) is 2.49. The van der Waals surface area contributed by atoms with Crippen molar-refractivity contribution in [3.05, 3.63) is 45.5 Å². The van der Waals surface area contributed by atoms with E-state index in [0.717, 1.165) is 16.3 Å². The van der Waals surface area contributed by atoms with E-state index in [-0.39, 0.29) is 5.91 Å². The first-order valence-corrected chi connectivity index (χ1v) is 6.41. The van der Waals surface area contributed by atoms with E-state index in [4.69, 9.17) is 4.42 Å². The van der Waals surface area contributed by atoms with Crippen LogP contribution in [0.2, 0.25) is 0 Å². The van der Waals surface area contributed by atoms with Crippen LogP contribution in [-0.2, 0) is 0 Å². The molecular formula is C13H14N2O2S. The molecule has 0 aromatic carbocycles. The molecule has 0 unspecified atom stereocenters. The summed E-state index contributed by atoms with van der Waals surface area (Å²) in [5, 5.41) is 6.05. The molecule has 0 radical (unpaired) electrons. The van der Waals surface area contributed by atoms with Gasteiger partial charge in [0.25, 0.3) is 5.91 Å². The number of aryl methyl sites for hydroxylation is 2. The average Bonchev–Trinajstić information content (AvgIpc) is 2.95. The number of hydrogen-bond donors (Lipinski definition) is 1. The van der Waals surface area contributed by atoms with Crippen LogP contribution in [0.1, 0.15) is 33.7 Å². The highest BCUT2D eigenvalue weighted by atomic mass is 32.1. The molecule has 0 fully saturated rings. The summed E-state index contributed by atoms with van der Waals surface area (Å²) >= 11 is 1.59. The zero-order valence-corrected chi connectivity index (χ0v) is 11.3. The molecule has 0 spiro atoms. The maximum atomic E-state index is 11.9. The summed E-state index contributed by atoms with van der Waals surface area (Å²) in [6.07, 6.45) is 0. The number of carbonyl (C=O) groups excluding carboxylic acids is 1. The van der Waals surface area contributed by atoms with Gasteiger partial charge in [-0.15, -0.1) is 11.3 Å². The second-order valence-corrected chi connectivity index (χ2v) is 4.89. The SMILES string of the molecule is C/C(=N/NC(=O)c1cc(C)oc1C)c1cccs1. The van der Waals surface area contributed by atoms with Crippen LogP contribution < -0.4 is 5.43 Å². The van der Waals surface area contributed by atoms with Gasteiger partial charge in [0.05, 0.1) is 11.3 Å². The molecule has 5 heteroatoms. The minimum atomic E-state index is -0.250. The van der Waals surface area contributed by atoms with E-state index < -0.39 is 0 Å². The molecule has 0 aliphatic rings. The van der Waals surface area contributed by atoms with Gasteiger partial charge in [0.2, 0.25) is 0 Å². The van der Waals surface area contributed by atoms with Crippen LogP contribution in [0.3, 0.4) is 0 Å². The summed E-state index contributed by atoms with van der Waals surface area (Å²) in [5.74, 6) is 1.07. The Morgan fingerprint density at radius 3 is 2.78 bits per heavy atom. The predicted octanol–water partition coefficient (Wildman–Crippen LogP) is 3.11. The molecule has 0 aliphatic heterocycles. The van der Waals surface area contributed by atoms with Gasteiger partial charge in [0, 0.05) is 4.88 Å². The summed E-state index contributed by atoms with van der Waals surface area (Å²) < 4.78 is 5.31. The third kappa shape index (κ3) is 2.68. The highest BCUT2D eigenvalue weighted by Crippen LogP contribution is 2.13. The molecule has 0 bridgehead atoms. The van der Waals surface area contributed by atoms with Gasteiger partial charge in [-0.2, -0.15) is 5.10 Å². The summed E-state index contributed by atoms with van der Waals surface area (Å²) in [5.41, 5.74) is 3.85. The minimum Gasteiger partial charge on any atom is -0.466 e. The second kappa shape index (κ2) is 5.18. The van der Waals surface area contributed by atoms with E-state index in [2.05, 4.69) is 10.5 Å². The Kier molecular flexibility index (Phi) is 3.62. The summed E-state index contributed by atoms with van der Waals surface area (Å²) in [7, 11) is 0. The number of nitrogens with zero attached hydrogens (tertiary/aromatic N) is 1. The van der Waals surface area contributed by atoms with Gasteiger partial charge >= 0.3 is 0 Å². The quantitative estimate of drug-likeness (QED) is 0.682. The lowest BCUT2D eigenvalue weighted by molar-refractivity contribution is 0.0953. The van der Waals surface area contributed by atoms with Gasteiger partial charge < -0.3 is 4.42 Å². The zero-order valence-electron chi connectivity index (χ0n) is 10.5. The Morgan fingerprint density at radius 2 is 2.22 bits per heavy atom. The maximum absolute atomic E-state index is 11.9. The van der Waals surface area contributed by atoms with E-state index in [0.29, 0.717) is 11.3 Å². The fraction of sp³-hybridized carbons (Fsp3) is 0.231. The lowest BCUT2D eigenvalue weighted by Crippen LogP contribution is -2.19. The first-order valence-electron chi connectivity index (χ1n) is 5.53. The Hall–Kier alpha value is -1.88. The van der Waals surface area contributed by atoms with Crippen molar-refractivity contribution in [1.82, 2.24) is 5.43 Å². The fourth-order valence-corrected chi connectivity index (χ4v) is 2.27. The predicted molar refractivity (Wildman–Crippen MR) is 72.2 cm³/mol. The Morgan fingerprint density at radius 1 is 1.44 bits per heavy atom. The highest BCUT2D eigenvalue weighted by molar-refractivity contribution is 7.12. The molecule has 2 rings (SSSR count). The molecule has 1 N–H and O–H groups in total. The molecular weight excluding hydrogens is 248 g/mol. The van der Waals surface area contributed by atoms with Crippen LogP contribution in [0.4, 0.5) is 0 Å². The monoisotopic (exact) mass is 262 g/mol. The van der Waals surface area contributed by atoms with Gasteiger partial charge in [-0.3, -0.25) is 4.79 Å². The number of hydrogen-bond acceptors (Lipinski definition) is 4. The molecule has 4 nitrogen and oxygen atoms in total. The van der Waals surface area contributed by atoms with Crippen LogP contribution in [0.25, 0.3) is 0 Å². The maximum Gasteiger partial charge on any atom is 0.274 e. The van der Waals surface area contributed by atoms with Gasteiger partial charge in [0.15, 0.2) is 0 Å². The fourth-order valence-electron chi connectivity index (χ4n) is 1.59. The van der Waals surface area contributed by atoms with Crippen LogP contribution in [0, 0.1) is 13.8 Å². The molecule has 94 valence electrons. The van der Waals surface area contributed by atoms with Crippen molar-refractivity contribution in [2.45, 2.75) is 20.8 Å². The van der Waals surface area contributed by atoms with Crippen molar-refractivity contribution in [3.8, 4) is 0 Å². The van der Waals surface area contributed by atoms with Crippen LogP contribution in [0.15, 0.2) is 33.1 Å². The standard InChI is InChI=1S/C13H14N2O2S/c1-8-7-11(10(3)17-8)13(16)15-14-9(2)12-5-4-6-18-12/h4-7H,1-3H3,(H,15,16)/b14-9-. The molecule has 0 atom stereocenters. The number of furan rings is 1. The summed E-state index contributed by atoms with van der Waals surface area (Å²) in [6, 6.07) is 5.62. The van der Waals surface area contributed by atoms with Crippen molar-refractivity contribution in [1.29, 1.82) is 0 Å². The number of hydrazone groups is 1. The topological polar surface area (TPSA) is 54.6 Å². The van der Waals surface area contributed by atoms with Crippen molar-refractivity contribution >= 4 is 23.0 Å². The summed E-state index contributed by atoms with van der Waals surface area (Å²) in [4.78, 5) is 12.9. The van der Waals surface area contributed by atoms with Gasteiger partial charge in [-0.25, -0.2) is 5.43 Å². The zero-order chi connectivity index (χ0) is 13.1. The first-order chi connectivity index (χ1) is 8.58. The van der Waals surface area contributed by atoms with Crippen molar-refractivity contribution in [3.63, 3.8) is 0 Å². The van der Waals surface area contributed by atoms with Crippen molar-refractivity contribution in [2.75, 3.05) is 0 Å². The molecule has 2 heterocycles. The van der Waals surface area contributed by atoms with Crippen molar-refractivity contribution < 1.29 is 9.21 Å². The number of carbonyl (C=O) groups is 1. The minimum absolute atomic E-state index is 0.250. The highest BCUT2D eigenvalue weighted by Gasteiger charge is 2.12. The van der Waals surface area contributed by atoms with Crippen molar-refractivity contribution in [2.24, 2.45) is 5.10 Å². The van der Waals surface area contributed by atoms with E-state index in [1.807, 2.05) is 31.4 Å². The largest absolute Gasteiger partial charge is 0.466 e. The number of rotatable bonds is 3. The van der Waals surface area contributed by atoms with E-state index >= 15 is 0 Å². The molecule has 0 saturated heterocycles. The molecule has 2 aromatic heterocycles. The Bertz CT molecular complexity index is 582. The normalized spacial score (nSPS) is 11.6. The number of amides is 1. The van der Waals surface area contributed by atoms with Crippen LogP contribution in [-0.4, -0.2) is 11.6 Å². The van der Waals surface area contributed by atoms with Gasteiger partial charge in [-0.05, 0) is 38.3 Å². The Balaban J connectivity index is 2.09. The number of nitrogens with one attached hydrogen (secondary N) is 1. The van der Waals surface area contributed by atoms with E-state index in [9.17, 15) is 4.79 Å². The van der Waals surface area contributed by atoms with Gasteiger partial charge in [0.1, 0.15) is 11.5 Å². The average molecular weight is 262 g/mol. The van der Waals surface area contributed by atoms with Crippen LogP contribution >= 0.6 is 11.3 Å². The first kappa shape index (κ1) is 12.6. The molecule has 0 saturated carbocycles. The van der Waals surface area contributed by atoms with Crippen LogP contribution in [0.5, 0.6) is 0 Å². The molecule has 1 amide bonds. The molecule has 2 aromatic rings. The Labute approximate surface area is 109 Å². The molecule has 0 aliphatic carbocycles.